The van der Waals surface area contributed by atoms with Crippen LogP contribution < -0.4 is 16.6 Å². The first-order valence-electron chi connectivity index (χ1n) is 5.06. The van der Waals surface area contributed by atoms with E-state index in [4.69, 9.17) is 5.73 Å². The van der Waals surface area contributed by atoms with Crippen molar-refractivity contribution in [2.24, 2.45) is 0 Å². The van der Waals surface area contributed by atoms with E-state index in [2.05, 4.69) is 15.5 Å². The molecule has 2 rings (SSSR count). The van der Waals surface area contributed by atoms with Crippen molar-refractivity contribution in [2.45, 2.75) is 6.54 Å². The number of H-pyrrole nitrogens is 2. The van der Waals surface area contributed by atoms with Crippen molar-refractivity contribution in [2.75, 3.05) is 5.73 Å². The highest BCUT2D eigenvalue weighted by molar-refractivity contribution is 5.97. The van der Waals surface area contributed by atoms with Gasteiger partial charge in [-0.2, -0.15) is 0 Å². The molecule has 1 aromatic carbocycles. The molecule has 1 amide bonds. The van der Waals surface area contributed by atoms with Crippen LogP contribution in [0.1, 0.15) is 15.9 Å². The standard InChI is InChI=1S/C11H12N4O2/c12-9-8(11(17)15-14-9)10(16)13-6-7-4-2-1-3-5-7/h1-5H,6H2,(H,13,16)(H4,12,14,15,17). The Hall–Kier alpha value is -2.50. The summed E-state index contributed by atoms with van der Waals surface area (Å²) in [5.41, 5.74) is 5.81. The third-order valence-electron chi connectivity index (χ3n) is 2.33. The van der Waals surface area contributed by atoms with Crippen LogP contribution in [0, 0.1) is 0 Å². The van der Waals surface area contributed by atoms with E-state index in [1.54, 1.807) is 0 Å². The van der Waals surface area contributed by atoms with Crippen molar-refractivity contribution in [3.63, 3.8) is 0 Å². The minimum absolute atomic E-state index is 0.0422. The smallest absolute Gasteiger partial charge is 0.279 e. The summed E-state index contributed by atoms with van der Waals surface area (Å²) in [5, 5.41) is 7.27. The molecule has 1 aromatic heterocycles. The molecule has 0 aliphatic heterocycles. The molecule has 6 nitrogen and oxygen atoms in total. The molecular formula is C11H12N4O2. The molecule has 0 saturated heterocycles. The number of hydrogen-bond donors (Lipinski definition) is 4. The summed E-state index contributed by atoms with van der Waals surface area (Å²) in [4.78, 5) is 23.0. The average molecular weight is 232 g/mol. The van der Waals surface area contributed by atoms with Crippen LogP contribution in [0.5, 0.6) is 0 Å². The molecule has 2 aromatic rings. The number of benzene rings is 1. The van der Waals surface area contributed by atoms with Crippen molar-refractivity contribution in [3.8, 4) is 0 Å². The second-order valence-electron chi connectivity index (χ2n) is 3.54. The summed E-state index contributed by atoms with van der Waals surface area (Å²) >= 11 is 0. The van der Waals surface area contributed by atoms with Crippen molar-refractivity contribution >= 4 is 11.7 Å². The van der Waals surface area contributed by atoms with Gasteiger partial charge in [-0.05, 0) is 5.56 Å². The second-order valence-corrected chi connectivity index (χ2v) is 3.54. The molecule has 0 saturated carbocycles. The number of rotatable bonds is 3. The average Bonchev–Trinajstić information content (AvgIpc) is 2.67. The Labute approximate surface area is 96.8 Å². The van der Waals surface area contributed by atoms with Gasteiger partial charge in [0.2, 0.25) is 0 Å². The maximum absolute atomic E-state index is 11.7. The summed E-state index contributed by atoms with van der Waals surface area (Å²) < 4.78 is 0. The molecule has 5 N–H and O–H groups in total. The minimum atomic E-state index is -0.520. The molecule has 6 heteroatoms. The van der Waals surface area contributed by atoms with Gasteiger partial charge in [-0.25, -0.2) is 0 Å². The zero-order valence-electron chi connectivity index (χ0n) is 8.99. The lowest BCUT2D eigenvalue weighted by atomic mass is 10.2. The molecule has 0 fully saturated rings. The summed E-state index contributed by atoms with van der Waals surface area (Å²) in [5.74, 6) is -0.450. The third-order valence-corrected chi connectivity index (χ3v) is 2.33. The fourth-order valence-corrected chi connectivity index (χ4v) is 1.46. The van der Waals surface area contributed by atoms with Gasteiger partial charge in [0.25, 0.3) is 11.5 Å². The summed E-state index contributed by atoms with van der Waals surface area (Å²) in [7, 11) is 0. The number of carbonyl (C=O) groups is 1. The fraction of sp³-hybridized carbons (Fsp3) is 0.0909. The Balaban J connectivity index is 2.06. The number of amides is 1. The second kappa shape index (κ2) is 4.56. The lowest BCUT2D eigenvalue weighted by Crippen LogP contribution is -2.27. The summed E-state index contributed by atoms with van der Waals surface area (Å²) in [6, 6.07) is 9.40. The maximum atomic E-state index is 11.7. The first kappa shape index (κ1) is 11.0. The highest BCUT2D eigenvalue weighted by atomic mass is 16.2. The Kier molecular flexibility index (Phi) is 2.95. The van der Waals surface area contributed by atoms with Gasteiger partial charge in [-0.1, -0.05) is 30.3 Å². The molecule has 0 spiro atoms. The van der Waals surface area contributed by atoms with Crippen LogP contribution in [-0.4, -0.2) is 16.1 Å². The molecule has 88 valence electrons. The van der Waals surface area contributed by atoms with Gasteiger partial charge in [-0.15, -0.1) is 0 Å². The van der Waals surface area contributed by atoms with Gasteiger partial charge < -0.3 is 11.1 Å². The van der Waals surface area contributed by atoms with Crippen LogP contribution in [0.25, 0.3) is 0 Å². The van der Waals surface area contributed by atoms with Gasteiger partial charge in [0.1, 0.15) is 11.4 Å². The third kappa shape index (κ3) is 2.36. The lowest BCUT2D eigenvalue weighted by Gasteiger charge is -2.03. The monoisotopic (exact) mass is 232 g/mol. The molecule has 0 radical (unpaired) electrons. The van der Waals surface area contributed by atoms with E-state index in [0.29, 0.717) is 6.54 Å². The maximum Gasteiger partial charge on any atom is 0.279 e. The van der Waals surface area contributed by atoms with E-state index >= 15 is 0 Å². The SMILES string of the molecule is Nc1[nH][nH]c(=O)c1C(=O)NCc1ccccc1. The summed E-state index contributed by atoms with van der Waals surface area (Å²) in [6.45, 7) is 0.351. The van der Waals surface area contributed by atoms with Crippen LogP contribution in [0.3, 0.4) is 0 Å². The summed E-state index contributed by atoms with van der Waals surface area (Å²) in [6.07, 6.45) is 0. The number of anilines is 1. The zero-order valence-corrected chi connectivity index (χ0v) is 8.99. The zero-order chi connectivity index (χ0) is 12.3. The quantitative estimate of drug-likeness (QED) is 0.608. The Morgan fingerprint density at radius 2 is 1.94 bits per heavy atom. The van der Waals surface area contributed by atoms with Crippen molar-refractivity contribution in [1.29, 1.82) is 0 Å². The van der Waals surface area contributed by atoms with Gasteiger partial charge >= 0.3 is 0 Å². The first-order chi connectivity index (χ1) is 8.18. The van der Waals surface area contributed by atoms with Gasteiger partial charge in [0.05, 0.1) is 0 Å². The van der Waals surface area contributed by atoms with Crippen LogP contribution >= 0.6 is 0 Å². The molecule has 1 heterocycles. The van der Waals surface area contributed by atoms with Crippen LogP contribution in [-0.2, 0) is 6.54 Å². The number of aromatic amines is 2. The Morgan fingerprint density at radius 1 is 1.24 bits per heavy atom. The van der Waals surface area contributed by atoms with Gasteiger partial charge in [-0.3, -0.25) is 19.8 Å². The number of hydrogen-bond acceptors (Lipinski definition) is 3. The van der Waals surface area contributed by atoms with Crippen LogP contribution in [0.15, 0.2) is 35.1 Å². The van der Waals surface area contributed by atoms with E-state index in [9.17, 15) is 9.59 Å². The molecule has 0 bridgehead atoms. The normalized spacial score (nSPS) is 10.1. The largest absolute Gasteiger partial charge is 0.383 e. The Morgan fingerprint density at radius 3 is 2.53 bits per heavy atom. The molecule has 0 aliphatic carbocycles. The van der Waals surface area contributed by atoms with Crippen LogP contribution in [0.4, 0.5) is 5.82 Å². The number of nitrogens with one attached hydrogen (secondary N) is 3. The molecule has 0 aliphatic rings. The van der Waals surface area contributed by atoms with E-state index in [1.807, 2.05) is 30.3 Å². The highest BCUT2D eigenvalue weighted by Crippen LogP contribution is 2.02. The number of aromatic nitrogens is 2. The van der Waals surface area contributed by atoms with Crippen molar-refractivity contribution < 1.29 is 4.79 Å². The molecule has 17 heavy (non-hydrogen) atoms. The van der Waals surface area contributed by atoms with E-state index < -0.39 is 11.5 Å². The number of carbonyl (C=O) groups excluding carboxylic acids is 1. The topological polar surface area (TPSA) is 104 Å². The van der Waals surface area contributed by atoms with Crippen molar-refractivity contribution in [3.05, 3.63) is 51.8 Å². The van der Waals surface area contributed by atoms with E-state index in [-0.39, 0.29) is 11.4 Å². The molecule has 0 unspecified atom stereocenters. The van der Waals surface area contributed by atoms with Gasteiger partial charge in [0.15, 0.2) is 0 Å². The van der Waals surface area contributed by atoms with E-state index in [0.717, 1.165) is 5.56 Å². The highest BCUT2D eigenvalue weighted by Gasteiger charge is 2.15. The van der Waals surface area contributed by atoms with Gasteiger partial charge in [0, 0.05) is 6.54 Å². The predicted molar refractivity (Wildman–Crippen MR) is 63.4 cm³/mol. The number of nitrogen functional groups attached to an aromatic ring is 1. The van der Waals surface area contributed by atoms with Crippen molar-refractivity contribution in [1.82, 2.24) is 15.5 Å². The fourth-order valence-electron chi connectivity index (χ4n) is 1.46. The lowest BCUT2D eigenvalue weighted by molar-refractivity contribution is 0.0951. The minimum Gasteiger partial charge on any atom is -0.383 e. The molecular weight excluding hydrogens is 220 g/mol. The first-order valence-corrected chi connectivity index (χ1v) is 5.06. The Bertz CT molecular complexity index is 571. The van der Waals surface area contributed by atoms with E-state index in [1.165, 1.54) is 0 Å². The predicted octanol–water partition coefficient (Wildman–Crippen LogP) is 0.215. The molecule has 0 atom stereocenters. The van der Waals surface area contributed by atoms with Crippen LogP contribution in [0.2, 0.25) is 0 Å². The number of nitrogens with two attached hydrogens (primary N) is 1.